The highest BCUT2D eigenvalue weighted by molar-refractivity contribution is 5.83. The van der Waals surface area contributed by atoms with Crippen LogP contribution in [0.5, 0.6) is 5.75 Å². The number of carbonyl (C=O) groups is 1. The molecule has 0 aliphatic rings. The molecule has 3 nitrogen and oxygen atoms in total. The molecule has 0 atom stereocenters. The summed E-state index contributed by atoms with van der Waals surface area (Å²) in [6.07, 6.45) is 4.22. The van der Waals surface area contributed by atoms with Gasteiger partial charge in [0.25, 0.3) is 0 Å². The van der Waals surface area contributed by atoms with Crippen LogP contribution in [-0.4, -0.2) is 11.0 Å². The summed E-state index contributed by atoms with van der Waals surface area (Å²) in [7, 11) is 0. The zero-order valence-corrected chi connectivity index (χ0v) is 7.06. The third kappa shape index (κ3) is 2.27. The number of nitrogens with zero attached hydrogens (tertiary/aromatic N) is 1. The Balaban J connectivity index is 2.93. The van der Waals surface area contributed by atoms with Crippen molar-refractivity contribution in [2.24, 2.45) is 0 Å². The van der Waals surface area contributed by atoms with Crippen molar-refractivity contribution in [3.05, 3.63) is 43.3 Å². The standard InChI is InChI=1S/C10H9NO2/c1-3-8-9(6-5-7-11-8)13-10(12)4-2/h3-7H,1-2H2. The largest absolute Gasteiger partial charge is 0.421 e. The lowest BCUT2D eigenvalue weighted by Gasteiger charge is -2.02. The van der Waals surface area contributed by atoms with E-state index in [0.29, 0.717) is 11.4 Å². The molecule has 0 aromatic carbocycles. The number of hydrogen-bond donors (Lipinski definition) is 0. The van der Waals surface area contributed by atoms with Crippen LogP contribution in [0.1, 0.15) is 5.69 Å². The zero-order valence-electron chi connectivity index (χ0n) is 7.06. The van der Waals surface area contributed by atoms with E-state index >= 15 is 0 Å². The summed E-state index contributed by atoms with van der Waals surface area (Å²) in [5, 5.41) is 0. The SMILES string of the molecule is C=CC(=O)Oc1cccnc1C=C. The van der Waals surface area contributed by atoms with Gasteiger partial charge < -0.3 is 4.74 Å². The monoisotopic (exact) mass is 175 g/mol. The van der Waals surface area contributed by atoms with Gasteiger partial charge in [-0.1, -0.05) is 13.2 Å². The number of carbonyl (C=O) groups excluding carboxylic acids is 1. The molecule has 13 heavy (non-hydrogen) atoms. The van der Waals surface area contributed by atoms with Crippen LogP contribution in [0.2, 0.25) is 0 Å². The predicted octanol–water partition coefficient (Wildman–Crippen LogP) is 1.82. The molecule has 0 spiro atoms. The first-order valence-corrected chi connectivity index (χ1v) is 3.69. The van der Waals surface area contributed by atoms with Crippen molar-refractivity contribution in [3.8, 4) is 5.75 Å². The van der Waals surface area contributed by atoms with Gasteiger partial charge in [0.1, 0.15) is 5.69 Å². The minimum Gasteiger partial charge on any atom is -0.421 e. The fourth-order valence-electron chi connectivity index (χ4n) is 0.792. The first-order valence-electron chi connectivity index (χ1n) is 3.69. The molecule has 66 valence electrons. The first-order chi connectivity index (χ1) is 6.27. The van der Waals surface area contributed by atoms with Gasteiger partial charge in [-0.2, -0.15) is 0 Å². The van der Waals surface area contributed by atoms with Crippen molar-refractivity contribution in [3.63, 3.8) is 0 Å². The zero-order chi connectivity index (χ0) is 9.68. The number of esters is 1. The van der Waals surface area contributed by atoms with E-state index < -0.39 is 5.97 Å². The van der Waals surface area contributed by atoms with Gasteiger partial charge in [0, 0.05) is 12.3 Å². The second-order valence-electron chi connectivity index (χ2n) is 2.22. The Morgan fingerprint density at radius 3 is 2.92 bits per heavy atom. The van der Waals surface area contributed by atoms with Crippen molar-refractivity contribution in [2.45, 2.75) is 0 Å². The summed E-state index contributed by atoms with van der Waals surface area (Å²) in [5.74, 6) is -0.112. The molecule has 0 amide bonds. The first kappa shape index (κ1) is 9.19. The third-order valence-corrected chi connectivity index (χ3v) is 1.37. The second kappa shape index (κ2) is 4.21. The summed E-state index contributed by atoms with van der Waals surface area (Å²) < 4.78 is 4.89. The maximum absolute atomic E-state index is 10.8. The molecule has 1 heterocycles. The van der Waals surface area contributed by atoms with Crippen LogP contribution in [0, 0.1) is 0 Å². The molecule has 0 aliphatic carbocycles. The third-order valence-electron chi connectivity index (χ3n) is 1.37. The summed E-state index contributed by atoms with van der Waals surface area (Å²) >= 11 is 0. The van der Waals surface area contributed by atoms with Gasteiger partial charge >= 0.3 is 5.97 Å². The molecule has 0 bridgehead atoms. The van der Waals surface area contributed by atoms with Crippen LogP contribution in [-0.2, 0) is 4.79 Å². The lowest BCUT2D eigenvalue weighted by molar-refractivity contribution is -0.129. The maximum atomic E-state index is 10.8. The van der Waals surface area contributed by atoms with Crippen molar-refractivity contribution < 1.29 is 9.53 Å². The number of ether oxygens (including phenoxy) is 1. The number of pyridine rings is 1. The average molecular weight is 175 g/mol. The minimum atomic E-state index is -0.504. The fraction of sp³-hybridized carbons (Fsp3) is 0. The van der Waals surface area contributed by atoms with Crippen LogP contribution in [0.25, 0.3) is 6.08 Å². The molecule has 1 rings (SSSR count). The lowest BCUT2D eigenvalue weighted by atomic mass is 10.3. The molecule has 3 heteroatoms. The Hall–Kier alpha value is -1.90. The molecule has 1 aromatic rings. The topological polar surface area (TPSA) is 39.2 Å². The highest BCUT2D eigenvalue weighted by atomic mass is 16.5. The van der Waals surface area contributed by atoms with Crippen molar-refractivity contribution in [2.75, 3.05) is 0 Å². The summed E-state index contributed by atoms with van der Waals surface area (Å²) in [4.78, 5) is 14.8. The van der Waals surface area contributed by atoms with Crippen molar-refractivity contribution >= 4 is 12.0 Å². The Morgan fingerprint density at radius 2 is 2.31 bits per heavy atom. The van der Waals surface area contributed by atoms with Gasteiger partial charge in [0.05, 0.1) is 0 Å². The smallest absolute Gasteiger partial charge is 0.335 e. The average Bonchev–Trinajstić information content (AvgIpc) is 2.18. The molecule has 0 unspecified atom stereocenters. The Labute approximate surface area is 76.4 Å². The van der Waals surface area contributed by atoms with E-state index in [4.69, 9.17) is 4.74 Å². The van der Waals surface area contributed by atoms with Gasteiger partial charge in [-0.3, -0.25) is 4.98 Å². The quantitative estimate of drug-likeness (QED) is 0.519. The molecule has 1 aromatic heterocycles. The maximum Gasteiger partial charge on any atom is 0.335 e. The van der Waals surface area contributed by atoms with E-state index in [1.165, 1.54) is 6.08 Å². The summed E-state index contributed by atoms with van der Waals surface area (Å²) in [6.45, 7) is 6.84. The van der Waals surface area contributed by atoms with E-state index in [1.54, 1.807) is 18.3 Å². The number of aromatic nitrogens is 1. The van der Waals surface area contributed by atoms with Crippen LogP contribution < -0.4 is 4.74 Å². The summed E-state index contributed by atoms with van der Waals surface area (Å²) in [5.41, 5.74) is 0.540. The van der Waals surface area contributed by atoms with Gasteiger partial charge in [0.15, 0.2) is 5.75 Å². The molecule has 0 saturated heterocycles. The van der Waals surface area contributed by atoms with E-state index in [0.717, 1.165) is 6.08 Å². The minimum absolute atomic E-state index is 0.391. The van der Waals surface area contributed by atoms with E-state index in [1.807, 2.05) is 0 Å². The normalized spacial score (nSPS) is 8.92. The Morgan fingerprint density at radius 1 is 1.54 bits per heavy atom. The molecular formula is C10H9NO2. The Bertz CT molecular complexity index is 345. The highest BCUT2D eigenvalue weighted by Crippen LogP contribution is 2.16. The van der Waals surface area contributed by atoms with E-state index in [-0.39, 0.29) is 0 Å². The number of hydrogen-bond acceptors (Lipinski definition) is 3. The number of rotatable bonds is 3. The van der Waals surface area contributed by atoms with Crippen LogP contribution in [0.15, 0.2) is 37.6 Å². The fourth-order valence-corrected chi connectivity index (χ4v) is 0.792. The molecule has 0 saturated carbocycles. The molecular weight excluding hydrogens is 166 g/mol. The van der Waals surface area contributed by atoms with Crippen molar-refractivity contribution in [1.82, 2.24) is 4.98 Å². The van der Waals surface area contributed by atoms with Gasteiger partial charge in [-0.05, 0) is 18.2 Å². The molecule has 0 fully saturated rings. The van der Waals surface area contributed by atoms with Crippen LogP contribution in [0.3, 0.4) is 0 Å². The Kier molecular flexibility index (Phi) is 2.97. The van der Waals surface area contributed by atoms with Gasteiger partial charge in [-0.15, -0.1) is 0 Å². The van der Waals surface area contributed by atoms with Crippen LogP contribution >= 0.6 is 0 Å². The van der Waals surface area contributed by atoms with Crippen LogP contribution in [0.4, 0.5) is 0 Å². The van der Waals surface area contributed by atoms with Gasteiger partial charge in [-0.25, -0.2) is 4.79 Å². The highest BCUT2D eigenvalue weighted by Gasteiger charge is 2.03. The van der Waals surface area contributed by atoms with E-state index in [2.05, 4.69) is 18.1 Å². The summed E-state index contributed by atoms with van der Waals surface area (Å²) in [6, 6.07) is 3.32. The van der Waals surface area contributed by atoms with Gasteiger partial charge in [0.2, 0.25) is 0 Å². The van der Waals surface area contributed by atoms with Crippen molar-refractivity contribution in [1.29, 1.82) is 0 Å². The second-order valence-corrected chi connectivity index (χ2v) is 2.22. The predicted molar refractivity (Wildman–Crippen MR) is 50.2 cm³/mol. The molecule has 0 radical (unpaired) electrons. The van der Waals surface area contributed by atoms with E-state index in [9.17, 15) is 4.79 Å². The lowest BCUT2D eigenvalue weighted by Crippen LogP contribution is -2.04. The molecule has 0 N–H and O–H groups in total. The molecule has 0 aliphatic heterocycles.